The highest BCUT2D eigenvalue weighted by molar-refractivity contribution is 6.31. The third-order valence-electron chi connectivity index (χ3n) is 3.22. The third kappa shape index (κ3) is 2.48. The minimum Gasteiger partial charge on any atom is -0.494 e. The van der Waals surface area contributed by atoms with Crippen LogP contribution in [0.4, 0.5) is 21.5 Å². The molecule has 0 bridgehead atoms. The first kappa shape index (κ1) is 14.3. The van der Waals surface area contributed by atoms with E-state index in [2.05, 4.69) is 15.3 Å². The highest BCUT2D eigenvalue weighted by Gasteiger charge is 2.13. The molecule has 0 aliphatic carbocycles. The standard InChI is InChI=1S/C15H12ClFN4O/c1-22-13-5-12-9(6-19-7-20-12)15(14(13)18)21-8-2-3-11(17)10(16)4-8/h2-7,21H,18H2,1H3. The first-order valence-electron chi connectivity index (χ1n) is 6.38. The minimum atomic E-state index is -0.487. The summed E-state index contributed by atoms with van der Waals surface area (Å²) in [4.78, 5) is 8.20. The van der Waals surface area contributed by atoms with Crippen LogP contribution in [0.3, 0.4) is 0 Å². The number of hydrogen-bond acceptors (Lipinski definition) is 5. The predicted octanol–water partition coefficient (Wildman–Crippen LogP) is 3.76. The largest absolute Gasteiger partial charge is 0.494 e. The maximum Gasteiger partial charge on any atom is 0.146 e. The third-order valence-corrected chi connectivity index (χ3v) is 3.51. The fourth-order valence-electron chi connectivity index (χ4n) is 2.14. The number of aromatic nitrogens is 2. The van der Waals surface area contributed by atoms with Gasteiger partial charge in [-0.25, -0.2) is 14.4 Å². The molecule has 2 aromatic carbocycles. The van der Waals surface area contributed by atoms with Crippen LogP contribution in [0, 0.1) is 5.82 Å². The number of fused-ring (bicyclic) bond motifs is 1. The SMILES string of the molecule is COc1cc2ncncc2c(Nc2ccc(F)c(Cl)c2)c1N. The van der Waals surface area contributed by atoms with E-state index in [1.54, 1.807) is 18.3 Å². The molecule has 0 amide bonds. The molecule has 1 aromatic heterocycles. The molecule has 0 saturated carbocycles. The fourth-order valence-corrected chi connectivity index (χ4v) is 2.32. The van der Waals surface area contributed by atoms with E-state index in [1.165, 1.54) is 25.6 Å². The van der Waals surface area contributed by atoms with E-state index in [1.807, 2.05) is 0 Å². The van der Waals surface area contributed by atoms with Gasteiger partial charge in [0.1, 0.15) is 17.9 Å². The van der Waals surface area contributed by atoms with E-state index in [4.69, 9.17) is 22.1 Å². The molecule has 0 saturated heterocycles. The summed E-state index contributed by atoms with van der Waals surface area (Å²) in [6.07, 6.45) is 3.09. The molecule has 0 aliphatic heterocycles. The maximum absolute atomic E-state index is 13.3. The second-order valence-corrected chi connectivity index (χ2v) is 4.98. The average molecular weight is 319 g/mol. The van der Waals surface area contributed by atoms with Gasteiger partial charge in [-0.1, -0.05) is 11.6 Å². The van der Waals surface area contributed by atoms with Gasteiger partial charge >= 0.3 is 0 Å². The van der Waals surface area contributed by atoms with Crippen molar-refractivity contribution in [2.75, 3.05) is 18.2 Å². The summed E-state index contributed by atoms with van der Waals surface area (Å²) in [6, 6.07) is 6.05. The Bertz CT molecular complexity index is 856. The van der Waals surface area contributed by atoms with Crippen molar-refractivity contribution in [2.24, 2.45) is 0 Å². The van der Waals surface area contributed by atoms with Gasteiger partial charge in [0, 0.05) is 23.3 Å². The Hall–Kier alpha value is -2.60. The Morgan fingerprint density at radius 3 is 2.86 bits per heavy atom. The molecular weight excluding hydrogens is 307 g/mol. The summed E-state index contributed by atoms with van der Waals surface area (Å²) in [5.74, 6) is 0.000862. The summed E-state index contributed by atoms with van der Waals surface area (Å²) in [6.45, 7) is 0. The number of nitrogens with two attached hydrogens (primary N) is 1. The number of hydrogen-bond donors (Lipinski definition) is 2. The van der Waals surface area contributed by atoms with Crippen LogP contribution in [-0.2, 0) is 0 Å². The van der Waals surface area contributed by atoms with E-state index in [9.17, 15) is 4.39 Å². The normalized spacial score (nSPS) is 10.7. The first-order chi connectivity index (χ1) is 10.6. The summed E-state index contributed by atoms with van der Waals surface area (Å²) >= 11 is 5.80. The molecule has 1 heterocycles. The molecule has 112 valence electrons. The van der Waals surface area contributed by atoms with Crippen molar-refractivity contribution in [2.45, 2.75) is 0 Å². The lowest BCUT2D eigenvalue weighted by atomic mass is 10.1. The summed E-state index contributed by atoms with van der Waals surface area (Å²) in [5.41, 5.74) is 8.39. The molecule has 7 heteroatoms. The number of ether oxygens (including phenoxy) is 1. The lowest BCUT2D eigenvalue weighted by Crippen LogP contribution is -2.01. The van der Waals surface area contributed by atoms with Crippen LogP contribution in [0.25, 0.3) is 10.9 Å². The molecule has 3 N–H and O–H groups in total. The first-order valence-corrected chi connectivity index (χ1v) is 6.76. The van der Waals surface area contributed by atoms with Gasteiger partial charge in [-0.05, 0) is 18.2 Å². The molecule has 0 spiro atoms. The fraction of sp³-hybridized carbons (Fsp3) is 0.0667. The van der Waals surface area contributed by atoms with Crippen molar-refractivity contribution in [1.29, 1.82) is 0 Å². The van der Waals surface area contributed by atoms with E-state index >= 15 is 0 Å². The molecule has 3 aromatic rings. The quantitative estimate of drug-likeness (QED) is 0.719. The van der Waals surface area contributed by atoms with Crippen LogP contribution in [0.2, 0.25) is 5.02 Å². The van der Waals surface area contributed by atoms with Gasteiger partial charge in [0.2, 0.25) is 0 Å². The van der Waals surface area contributed by atoms with Crippen LogP contribution in [0.5, 0.6) is 5.75 Å². The zero-order chi connectivity index (χ0) is 15.7. The van der Waals surface area contributed by atoms with Crippen molar-refractivity contribution in [1.82, 2.24) is 9.97 Å². The van der Waals surface area contributed by atoms with Gasteiger partial charge < -0.3 is 15.8 Å². The summed E-state index contributed by atoms with van der Waals surface area (Å²) < 4.78 is 18.5. The van der Waals surface area contributed by atoms with Crippen molar-refractivity contribution in [3.8, 4) is 5.75 Å². The highest BCUT2D eigenvalue weighted by atomic mass is 35.5. The Labute approximate surface area is 130 Å². The van der Waals surface area contributed by atoms with Crippen molar-refractivity contribution in [3.05, 3.63) is 47.6 Å². The number of nitrogens with zero attached hydrogens (tertiary/aromatic N) is 2. The molecule has 5 nitrogen and oxygen atoms in total. The number of halogens is 2. The lowest BCUT2D eigenvalue weighted by molar-refractivity contribution is 0.417. The predicted molar refractivity (Wildman–Crippen MR) is 85.2 cm³/mol. The van der Waals surface area contributed by atoms with Crippen molar-refractivity contribution in [3.63, 3.8) is 0 Å². The molecule has 3 rings (SSSR count). The highest BCUT2D eigenvalue weighted by Crippen LogP contribution is 2.38. The molecule has 0 fully saturated rings. The van der Waals surface area contributed by atoms with Crippen molar-refractivity contribution >= 4 is 39.6 Å². The van der Waals surface area contributed by atoms with Crippen LogP contribution in [-0.4, -0.2) is 17.1 Å². The number of benzene rings is 2. The van der Waals surface area contributed by atoms with Crippen LogP contribution >= 0.6 is 11.6 Å². The molecule has 0 aliphatic rings. The van der Waals surface area contributed by atoms with Gasteiger partial charge in [0.25, 0.3) is 0 Å². The van der Waals surface area contributed by atoms with E-state index in [0.29, 0.717) is 28.3 Å². The van der Waals surface area contributed by atoms with Gasteiger partial charge in [0.05, 0.1) is 29.0 Å². The second-order valence-electron chi connectivity index (χ2n) is 4.58. The zero-order valence-corrected chi connectivity index (χ0v) is 12.4. The van der Waals surface area contributed by atoms with Gasteiger partial charge in [-0.3, -0.25) is 0 Å². The lowest BCUT2D eigenvalue weighted by Gasteiger charge is -2.15. The van der Waals surface area contributed by atoms with E-state index in [-0.39, 0.29) is 5.02 Å². The van der Waals surface area contributed by atoms with E-state index in [0.717, 1.165) is 5.39 Å². The Balaban J connectivity index is 2.16. The second kappa shape index (κ2) is 5.65. The molecule has 0 atom stereocenters. The van der Waals surface area contributed by atoms with Crippen LogP contribution in [0.1, 0.15) is 0 Å². The van der Waals surface area contributed by atoms with Crippen molar-refractivity contribution < 1.29 is 9.13 Å². The summed E-state index contributed by atoms with van der Waals surface area (Å²) in [5, 5.41) is 3.87. The number of nitrogen functional groups attached to an aromatic ring is 1. The maximum atomic E-state index is 13.3. The van der Waals surface area contributed by atoms with E-state index < -0.39 is 5.82 Å². The molecule has 0 radical (unpaired) electrons. The smallest absolute Gasteiger partial charge is 0.146 e. The molecule has 0 unspecified atom stereocenters. The van der Waals surface area contributed by atoms with Crippen LogP contribution < -0.4 is 15.8 Å². The monoisotopic (exact) mass is 318 g/mol. The number of methoxy groups -OCH3 is 1. The number of rotatable bonds is 3. The average Bonchev–Trinajstić information content (AvgIpc) is 2.53. The van der Waals surface area contributed by atoms with Gasteiger partial charge in [0.15, 0.2) is 0 Å². The number of anilines is 3. The Morgan fingerprint density at radius 1 is 1.32 bits per heavy atom. The Kier molecular flexibility index (Phi) is 3.68. The number of nitrogens with one attached hydrogen (secondary N) is 1. The zero-order valence-electron chi connectivity index (χ0n) is 11.6. The minimum absolute atomic E-state index is 0.0204. The van der Waals surface area contributed by atoms with Gasteiger partial charge in [-0.15, -0.1) is 0 Å². The Morgan fingerprint density at radius 2 is 2.14 bits per heavy atom. The van der Waals surface area contributed by atoms with Gasteiger partial charge in [-0.2, -0.15) is 0 Å². The molecule has 22 heavy (non-hydrogen) atoms. The topological polar surface area (TPSA) is 73.1 Å². The molecular formula is C15H12ClFN4O. The van der Waals surface area contributed by atoms with Crippen LogP contribution in [0.15, 0.2) is 36.8 Å². The summed E-state index contributed by atoms with van der Waals surface area (Å²) in [7, 11) is 1.53.